The van der Waals surface area contributed by atoms with Gasteiger partial charge in [0.15, 0.2) is 5.54 Å². The molecule has 2 aromatic carbocycles. The van der Waals surface area contributed by atoms with Crippen molar-refractivity contribution in [1.29, 1.82) is 0 Å². The zero-order valence-electron chi connectivity index (χ0n) is 22.8. The third-order valence-corrected chi connectivity index (χ3v) is 9.41. The smallest absolute Gasteiger partial charge is 0.274 e. The molecule has 1 saturated heterocycles. The van der Waals surface area contributed by atoms with Crippen molar-refractivity contribution in [3.05, 3.63) is 76.9 Å². The molecule has 0 saturated carbocycles. The number of likely N-dealkylation sites (tertiary alicyclic amines) is 1. The number of methoxy groups -OCH3 is 2. The van der Waals surface area contributed by atoms with Crippen molar-refractivity contribution in [2.45, 2.75) is 29.0 Å². The van der Waals surface area contributed by atoms with Crippen LogP contribution < -0.4 is 13.8 Å². The number of aromatic nitrogens is 1. The predicted octanol–water partition coefficient (Wildman–Crippen LogP) is 2.25. The van der Waals surface area contributed by atoms with Crippen LogP contribution in [0.15, 0.2) is 65.7 Å². The molecule has 0 radical (unpaired) electrons. The lowest BCUT2D eigenvalue weighted by Gasteiger charge is -2.41. The third-order valence-electron chi connectivity index (χ3n) is 7.44. The number of hydrogen-bond acceptors (Lipinski definition) is 9. The molecule has 1 unspecified atom stereocenters. The second kappa shape index (κ2) is 10.6. The number of pyridine rings is 1. The molecule has 41 heavy (non-hydrogen) atoms. The number of hydrogen-bond donors (Lipinski definition) is 1. The van der Waals surface area contributed by atoms with Gasteiger partial charge in [0.1, 0.15) is 10.6 Å². The molecular weight excluding hydrogens is 572 g/mol. The van der Waals surface area contributed by atoms with Gasteiger partial charge in [-0.3, -0.25) is 14.5 Å². The maximum Gasteiger partial charge on any atom is 0.274 e. The lowest BCUT2D eigenvalue weighted by molar-refractivity contribution is -0.138. The normalized spacial score (nSPS) is 22.5. The van der Waals surface area contributed by atoms with Gasteiger partial charge in [-0.25, -0.2) is 17.7 Å². The number of carbonyl (C=O) groups excluding carboxylic acids is 2. The van der Waals surface area contributed by atoms with E-state index in [0.29, 0.717) is 4.31 Å². The van der Waals surface area contributed by atoms with E-state index in [1.54, 1.807) is 32.3 Å². The van der Waals surface area contributed by atoms with E-state index >= 15 is 4.79 Å². The van der Waals surface area contributed by atoms with Crippen molar-refractivity contribution in [2.75, 3.05) is 39.2 Å². The highest BCUT2D eigenvalue weighted by Gasteiger charge is 2.64. The van der Waals surface area contributed by atoms with E-state index < -0.39 is 33.6 Å². The maximum atomic E-state index is 15.0. The van der Waals surface area contributed by atoms with Crippen molar-refractivity contribution in [1.82, 2.24) is 14.8 Å². The molecule has 0 aliphatic carbocycles. The number of ether oxygens (including phenoxy) is 2. The standard InChI is InChI=1S/C28H29ClN4O7S/c1-31(2)26(35)22-15-18(34)16-32(22)28(19-8-7-13-30-25(19)40-4)20-14-17(29)11-12-21(20)33(27(28)36)41(37,38)24-10-6-5-9-23(24)39-3/h5-14,18,22,34H,15-16H2,1-4H3/t18-,22+,28?/m1/s1. The number of halogens is 1. The summed E-state index contributed by atoms with van der Waals surface area (Å²) in [6.07, 6.45) is 0.502. The van der Waals surface area contributed by atoms with Crippen LogP contribution in [0.3, 0.4) is 0 Å². The van der Waals surface area contributed by atoms with Gasteiger partial charge in [0.25, 0.3) is 15.9 Å². The highest BCUT2D eigenvalue weighted by atomic mass is 35.5. The van der Waals surface area contributed by atoms with Crippen molar-refractivity contribution in [2.24, 2.45) is 0 Å². The van der Waals surface area contributed by atoms with Crippen LogP contribution >= 0.6 is 11.6 Å². The van der Waals surface area contributed by atoms with E-state index in [0.717, 1.165) is 0 Å². The van der Waals surface area contributed by atoms with Crippen LogP contribution in [-0.4, -0.2) is 87.1 Å². The number of benzene rings is 2. The number of aliphatic hydroxyl groups is 1. The molecule has 2 aliphatic rings. The zero-order valence-corrected chi connectivity index (χ0v) is 24.4. The van der Waals surface area contributed by atoms with Crippen LogP contribution in [0, 0.1) is 0 Å². The van der Waals surface area contributed by atoms with Gasteiger partial charge in [0, 0.05) is 43.0 Å². The largest absolute Gasteiger partial charge is 0.495 e. The monoisotopic (exact) mass is 600 g/mol. The first kappa shape index (κ1) is 28.8. The molecule has 1 fully saturated rings. The van der Waals surface area contributed by atoms with Crippen LogP contribution in [-0.2, 0) is 25.2 Å². The first-order valence-corrected chi connectivity index (χ1v) is 14.5. The van der Waals surface area contributed by atoms with Crippen LogP contribution in [0.5, 0.6) is 11.6 Å². The van der Waals surface area contributed by atoms with E-state index in [1.165, 1.54) is 66.6 Å². The van der Waals surface area contributed by atoms with E-state index in [2.05, 4.69) is 4.98 Å². The fourth-order valence-corrected chi connectivity index (χ4v) is 7.55. The lowest BCUT2D eigenvalue weighted by atomic mass is 9.81. The molecular formula is C28H29ClN4O7S. The summed E-state index contributed by atoms with van der Waals surface area (Å²) in [5.74, 6) is -1.19. The van der Waals surface area contributed by atoms with Gasteiger partial charge in [-0.15, -0.1) is 0 Å². The summed E-state index contributed by atoms with van der Waals surface area (Å²) in [5.41, 5.74) is -1.54. The summed E-state index contributed by atoms with van der Waals surface area (Å²) < 4.78 is 40.3. The average molecular weight is 601 g/mol. The van der Waals surface area contributed by atoms with Crippen LogP contribution in [0.4, 0.5) is 5.69 Å². The summed E-state index contributed by atoms with van der Waals surface area (Å²) >= 11 is 6.48. The minimum atomic E-state index is -4.58. The second-order valence-corrected chi connectivity index (χ2v) is 12.1. The number of sulfonamides is 1. The summed E-state index contributed by atoms with van der Waals surface area (Å²) in [6, 6.07) is 12.6. The summed E-state index contributed by atoms with van der Waals surface area (Å²) in [5, 5.41) is 11.1. The Hall–Kier alpha value is -3.71. The number of nitrogens with zero attached hydrogens (tertiary/aromatic N) is 4. The Kier molecular flexibility index (Phi) is 7.45. The van der Waals surface area contributed by atoms with E-state index in [4.69, 9.17) is 21.1 Å². The molecule has 3 atom stereocenters. The molecule has 1 N–H and O–H groups in total. The first-order chi connectivity index (χ1) is 19.5. The number of amides is 2. The maximum absolute atomic E-state index is 15.0. The van der Waals surface area contributed by atoms with E-state index in [9.17, 15) is 18.3 Å². The molecule has 5 rings (SSSR count). The topological polar surface area (TPSA) is 130 Å². The zero-order chi connectivity index (χ0) is 29.7. The first-order valence-electron chi connectivity index (χ1n) is 12.7. The van der Waals surface area contributed by atoms with Crippen molar-refractivity contribution < 1.29 is 32.6 Å². The Bertz CT molecular complexity index is 1630. The highest BCUT2D eigenvalue weighted by Crippen LogP contribution is 2.54. The molecule has 11 nitrogen and oxygen atoms in total. The van der Waals surface area contributed by atoms with Crippen molar-refractivity contribution >= 4 is 39.1 Å². The molecule has 2 amide bonds. The van der Waals surface area contributed by atoms with Gasteiger partial charge < -0.3 is 19.5 Å². The van der Waals surface area contributed by atoms with Gasteiger partial charge >= 0.3 is 0 Å². The predicted molar refractivity (Wildman–Crippen MR) is 150 cm³/mol. The fourth-order valence-electron chi connectivity index (χ4n) is 5.75. The average Bonchev–Trinajstić information content (AvgIpc) is 3.47. The number of β-amino-alcohol motifs (C(OH)–C–C–N with tert-alkyl or cyclic N) is 1. The van der Waals surface area contributed by atoms with Gasteiger partial charge in [-0.1, -0.05) is 23.7 Å². The molecule has 13 heteroatoms. The minimum Gasteiger partial charge on any atom is -0.495 e. The van der Waals surface area contributed by atoms with E-state index in [1.807, 2.05) is 0 Å². The van der Waals surface area contributed by atoms with Crippen molar-refractivity contribution in [3.8, 4) is 11.6 Å². The third kappa shape index (κ3) is 4.33. The Morgan fingerprint density at radius 3 is 2.51 bits per heavy atom. The molecule has 0 bridgehead atoms. The van der Waals surface area contributed by atoms with Crippen LogP contribution in [0.25, 0.3) is 0 Å². The van der Waals surface area contributed by atoms with Gasteiger partial charge in [0.05, 0.1) is 32.1 Å². The highest BCUT2D eigenvalue weighted by molar-refractivity contribution is 7.93. The quantitative estimate of drug-likeness (QED) is 0.434. The fraction of sp³-hybridized carbons (Fsp3) is 0.321. The Balaban J connectivity index is 1.88. The van der Waals surface area contributed by atoms with Gasteiger partial charge in [-0.2, -0.15) is 0 Å². The number of para-hydroxylation sites is 1. The summed E-state index contributed by atoms with van der Waals surface area (Å²) in [4.78, 5) is 35.5. The van der Waals surface area contributed by atoms with Crippen LogP contribution in [0.2, 0.25) is 5.02 Å². The summed E-state index contributed by atoms with van der Waals surface area (Å²) in [7, 11) is 1.27. The molecule has 3 heterocycles. The number of aliphatic hydroxyl groups excluding tert-OH is 1. The number of rotatable bonds is 7. The number of likely N-dealkylation sites (N-methyl/N-ethyl adjacent to an activating group) is 1. The number of fused-ring (bicyclic) bond motifs is 1. The minimum absolute atomic E-state index is 0.0176. The summed E-state index contributed by atoms with van der Waals surface area (Å²) in [6.45, 7) is -0.122. The van der Waals surface area contributed by atoms with Gasteiger partial charge in [0.2, 0.25) is 11.8 Å². The molecule has 216 valence electrons. The Morgan fingerprint density at radius 1 is 1.10 bits per heavy atom. The SMILES string of the molecule is COc1ccccc1S(=O)(=O)N1C(=O)C(c2cccnc2OC)(N2C[C@H](O)C[C@H]2C(=O)N(C)C)c2cc(Cl)ccc21. The Labute approximate surface area is 242 Å². The van der Waals surface area contributed by atoms with Crippen molar-refractivity contribution in [3.63, 3.8) is 0 Å². The van der Waals surface area contributed by atoms with Gasteiger partial charge in [-0.05, 0) is 48.9 Å². The molecule has 1 aromatic heterocycles. The lowest BCUT2D eigenvalue weighted by Crippen LogP contribution is -2.59. The molecule has 3 aromatic rings. The second-order valence-electron chi connectivity index (χ2n) is 9.95. The number of anilines is 1. The van der Waals surface area contributed by atoms with E-state index in [-0.39, 0.29) is 57.2 Å². The van der Waals surface area contributed by atoms with Crippen LogP contribution in [0.1, 0.15) is 17.5 Å². The Morgan fingerprint density at radius 2 is 1.83 bits per heavy atom. The molecule has 0 spiro atoms. The molecule has 2 aliphatic heterocycles. The number of carbonyl (C=O) groups is 2.